The number of non-ortho nitro benzene ring substituents is 1. The summed E-state index contributed by atoms with van der Waals surface area (Å²) in [5, 5.41) is 12.2. The summed E-state index contributed by atoms with van der Waals surface area (Å²) in [5.41, 5.74) is 2.66. The van der Waals surface area contributed by atoms with E-state index in [4.69, 9.17) is 4.74 Å². The molecule has 0 aliphatic carbocycles. The average molecular weight is 455 g/mol. The van der Waals surface area contributed by atoms with E-state index in [9.17, 15) is 14.9 Å². The van der Waals surface area contributed by atoms with Crippen molar-refractivity contribution in [3.8, 4) is 0 Å². The quantitative estimate of drug-likeness (QED) is 0.236. The summed E-state index contributed by atoms with van der Waals surface area (Å²) in [5.74, 6) is -0.241. The van der Waals surface area contributed by atoms with E-state index >= 15 is 0 Å². The van der Waals surface area contributed by atoms with Gasteiger partial charge in [-0.1, -0.05) is 72.8 Å². The number of aromatic nitrogens is 1. The van der Waals surface area contributed by atoms with Gasteiger partial charge < -0.3 is 4.74 Å². The van der Waals surface area contributed by atoms with Gasteiger partial charge in [-0.3, -0.25) is 14.7 Å². The van der Waals surface area contributed by atoms with Crippen molar-refractivity contribution in [3.05, 3.63) is 118 Å². The number of benzene rings is 3. The van der Waals surface area contributed by atoms with E-state index in [-0.39, 0.29) is 11.6 Å². The van der Waals surface area contributed by atoms with Crippen LogP contribution in [0.15, 0.2) is 91.1 Å². The molecule has 0 N–H and O–H groups in total. The van der Waals surface area contributed by atoms with E-state index in [0.29, 0.717) is 10.9 Å². The molecule has 4 rings (SSSR count). The largest absolute Gasteiger partial charge is 0.443 e. The van der Waals surface area contributed by atoms with Crippen molar-refractivity contribution >= 4 is 28.8 Å². The van der Waals surface area contributed by atoms with Crippen LogP contribution in [0.5, 0.6) is 0 Å². The molecule has 0 fully saturated rings. The molecule has 1 aromatic heterocycles. The Bertz CT molecular complexity index is 1350. The maximum absolute atomic E-state index is 13.0. The molecule has 3 aromatic carbocycles. The van der Waals surface area contributed by atoms with Crippen LogP contribution in [0.1, 0.15) is 43.4 Å². The monoisotopic (exact) mass is 454 g/mol. The third-order valence-electron chi connectivity index (χ3n) is 5.39. The molecule has 0 saturated heterocycles. The van der Waals surface area contributed by atoms with Crippen LogP contribution < -0.4 is 0 Å². The maximum atomic E-state index is 13.0. The van der Waals surface area contributed by atoms with Crippen LogP contribution in [0.25, 0.3) is 17.0 Å². The van der Waals surface area contributed by atoms with Crippen molar-refractivity contribution in [1.82, 2.24) is 4.57 Å². The zero-order valence-corrected chi connectivity index (χ0v) is 19.3. The summed E-state index contributed by atoms with van der Waals surface area (Å²) in [4.78, 5) is 24.1. The average Bonchev–Trinajstić information content (AvgIpc) is 3.18. The van der Waals surface area contributed by atoms with Gasteiger partial charge >= 0.3 is 6.09 Å². The summed E-state index contributed by atoms with van der Waals surface area (Å²) < 4.78 is 7.05. The number of carbonyl (C=O) groups is 1. The molecule has 0 spiro atoms. The number of ether oxygens (including phenoxy) is 1. The lowest BCUT2D eigenvalue weighted by atomic mass is 9.90. The molecule has 172 valence electrons. The second-order valence-electron chi connectivity index (χ2n) is 9.05. The van der Waals surface area contributed by atoms with E-state index < -0.39 is 16.6 Å². The molecule has 0 aliphatic rings. The van der Waals surface area contributed by atoms with Crippen molar-refractivity contribution in [2.75, 3.05) is 0 Å². The lowest BCUT2D eigenvalue weighted by Crippen LogP contribution is -2.26. The fourth-order valence-electron chi connectivity index (χ4n) is 3.89. The van der Waals surface area contributed by atoms with Gasteiger partial charge in [0.25, 0.3) is 5.69 Å². The molecule has 6 nitrogen and oxygen atoms in total. The molecule has 1 atom stereocenters. The van der Waals surface area contributed by atoms with Crippen LogP contribution in [0.2, 0.25) is 0 Å². The third-order valence-corrected chi connectivity index (χ3v) is 5.39. The third kappa shape index (κ3) is 5.07. The van der Waals surface area contributed by atoms with E-state index in [2.05, 4.69) is 6.08 Å². The highest BCUT2D eigenvalue weighted by Gasteiger charge is 2.25. The van der Waals surface area contributed by atoms with Crippen molar-refractivity contribution < 1.29 is 14.5 Å². The second-order valence-corrected chi connectivity index (χ2v) is 9.05. The summed E-state index contributed by atoms with van der Waals surface area (Å²) in [6.45, 7) is 5.41. The molecule has 0 saturated carbocycles. The van der Waals surface area contributed by atoms with Gasteiger partial charge in [0, 0.05) is 29.6 Å². The standard InChI is InChI=1S/C28H26N2O4/c1-28(2,3)34-27(31)29-19-25(24-18-22(30(32)33)15-17-26(24)29)23(21-12-8-5-9-13-21)16-14-20-10-6-4-7-11-20/h4-19,23H,1-3H3/b16-14+/t23-/m1/s1. The Labute approximate surface area is 198 Å². The zero-order chi connectivity index (χ0) is 24.3. The van der Waals surface area contributed by atoms with Crippen LogP contribution in [0.4, 0.5) is 10.5 Å². The Hall–Kier alpha value is -4.19. The Morgan fingerprint density at radius 2 is 1.65 bits per heavy atom. The van der Waals surface area contributed by atoms with Crippen molar-refractivity contribution in [3.63, 3.8) is 0 Å². The van der Waals surface area contributed by atoms with E-state index in [0.717, 1.165) is 16.7 Å². The SMILES string of the molecule is CC(C)(C)OC(=O)n1cc([C@H](/C=C/c2ccccc2)c2ccccc2)c2cc([N+](=O)[O-])ccc21. The predicted octanol–water partition coefficient (Wildman–Crippen LogP) is 7.18. The fourth-order valence-corrected chi connectivity index (χ4v) is 3.89. The number of carbonyl (C=O) groups excluding carboxylic acids is 1. The highest BCUT2D eigenvalue weighted by molar-refractivity contribution is 5.94. The molecule has 4 aromatic rings. The van der Waals surface area contributed by atoms with E-state index in [1.807, 2.05) is 66.7 Å². The van der Waals surface area contributed by atoms with Crippen LogP contribution in [0, 0.1) is 10.1 Å². The highest BCUT2D eigenvalue weighted by atomic mass is 16.6. The van der Waals surface area contributed by atoms with Gasteiger partial charge in [0.1, 0.15) is 5.60 Å². The van der Waals surface area contributed by atoms with Gasteiger partial charge in [-0.15, -0.1) is 0 Å². The van der Waals surface area contributed by atoms with E-state index in [1.165, 1.54) is 16.7 Å². The van der Waals surface area contributed by atoms with Gasteiger partial charge in [0.15, 0.2) is 0 Å². The Balaban J connectivity index is 1.92. The summed E-state index contributed by atoms with van der Waals surface area (Å²) in [7, 11) is 0. The molecule has 0 unspecified atom stereocenters. The first kappa shape index (κ1) is 23.0. The highest BCUT2D eigenvalue weighted by Crippen LogP contribution is 2.36. The van der Waals surface area contributed by atoms with Crippen molar-refractivity contribution in [1.29, 1.82) is 0 Å². The lowest BCUT2D eigenvalue weighted by Gasteiger charge is -2.19. The first-order valence-corrected chi connectivity index (χ1v) is 11.0. The van der Waals surface area contributed by atoms with Crippen LogP contribution in [-0.4, -0.2) is 21.2 Å². The number of nitro benzene ring substituents is 1. The number of fused-ring (bicyclic) bond motifs is 1. The van der Waals surface area contributed by atoms with Gasteiger partial charge in [-0.2, -0.15) is 0 Å². The van der Waals surface area contributed by atoms with Gasteiger partial charge in [-0.05, 0) is 43.5 Å². The summed E-state index contributed by atoms with van der Waals surface area (Å²) in [6.07, 6.45) is 5.27. The van der Waals surface area contributed by atoms with Gasteiger partial charge in [0.2, 0.25) is 0 Å². The topological polar surface area (TPSA) is 74.4 Å². The molecule has 0 radical (unpaired) electrons. The number of hydrogen-bond donors (Lipinski definition) is 0. The minimum absolute atomic E-state index is 0.0328. The van der Waals surface area contributed by atoms with Crippen molar-refractivity contribution in [2.24, 2.45) is 0 Å². The van der Waals surface area contributed by atoms with Crippen LogP contribution in [-0.2, 0) is 4.74 Å². The number of hydrogen-bond acceptors (Lipinski definition) is 4. The van der Waals surface area contributed by atoms with E-state index in [1.54, 1.807) is 33.0 Å². The number of nitro groups is 1. The molecular formula is C28H26N2O4. The maximum Gasteiger partial charge on any atom is 0.419 e. The molecule has 1 heterocycles. The first-order chi connectivity index (χ1) is 16.2. The molecule has 34 heavy (non-hydrogen) atoms. The molecule has 6 heteroatoms. The Kier molecular flexibility index (Phi) is 6.32. The summed E-state index contributed by atoms with van der Waals surface area (Å²) in [6, 6.07) is 24.3. The zero-order valence-electron chi connectivity index (χ0n) is 19.3. The molecule has 0 bridgehead atoms. The fraction of sp³-hybridized carbons (Fsp3) is 0.179. The lowest BCUT2D eigenvalue weighted by molar-refractivity contribution is -0.384. The first-order valence-electron chi connectivity index (χ1n) is 11.0. The van der Waals surface area contributed by atoms with Crippen LogP contribution in [0.3, 0.4) is 0 Å². The molecular weight excluding hydrogens is 428 g/mol. The smallest absolute Gasteiger partial charge is 0.419 e. The van der Waals surface area contributed by atoms with Gasteiger partial charge in [-0.25, -0.2) is 4.79 Å². The minimum atomic E-state index is -0.680. The normalized spacial score (nSPS) is 12.7. The summed E-state index contributed by atoms with van der Waals surface area (Å²) >= 11 is 0. The molecule has 0 amide bonds. The van der Waals surface area contributed by atoms with Gasteiger partial charge in [0.05, 0.1) is 10.4 Å². The molecule has 0 aliphatic heterocycles. The van der Waals surface area contributed by atoms with Crippen LogP contribution >= 0.6 is 0 Å². The Morgan fingerprint density at radius 3 is 2.26 bits per heavy atom. The number of nitrogens with zero attached hydrogens (tertiary/aromatic N) is 2. The predicted molar refractivity (Wildman–Crippen MR) is 134 cm³/mol. The Morgan fingerprint density at radius 1 is 1.00 bits per heavy atom. The second kappa shape index (κ2) is 9.35. The number of allylic oxidation sites excluding steroid dienone is 1. The minimum Gasteiger partial charge on any atom is -0.443 e. The van der Waals surface area contributed by atoms with Crippen molar-refractivity contribution in [2.45, 2.75) is 32.3 Å². The number of rotatable bonds is 5.